The predicted molar refractivity (Wildman–Crippen MR) is 95.7 cm³/mol. The minimum Gasteiger partial charge on any atom is -0.466 e. The molecule has 0 aliphatic carbocycles. The van der Waals surface area contributed by atoms with Gasteiger partial charge in [-0.1, -0.05) is 0 Å². The van der Waals surface area contributed by atoms with E-state index < -0.39 is 11.6 Å². The summed E-state index contributed by atoms with van der Waals surface area (Å²) in [5.74, 6) is -0.736. The molecule has 0 spiro atoms. The van der Waals surface area contributed by atoms with Crippen molar-refractivity contribution in [2.75, 3.05) is 20.3 Å². The molecule has 1 heterocycles. The van der Waals surface area contributed by atoms with Crippen molar-refractivity contribution in [3.63, 3.8) is 0 Å². The molecule has 0 unspecified atom stereocenters. The molecule has 0 aliphatic rings. The first-order valence-corrected chi connectivity index (χ1v) is 7.99. The number of ether oxygens (including phenoxy) is 3. The number of aromatic nitrogens is 1. The van der Waals surface area contributed by atoms with Gasteiger partial charge in [0, 0.05) is 19.4 Å². The number of carbonyl (C=O) groups excluding carboxylic acids is 3. The number of hydrogen-bond acceptors (Lipinski definition) is 6. The lowest BCUT2D eigenvalue weighted by molar-refractivity contribution is -0.142. The Morgan fingerprint density at radius 1 is 1.16 bits per heavy atom. The first-order chi connectivity index (χ1) is 11.6. The zero-order valence-corrected chi connectivity index (χ0v) is 16.4. The summed E-state index contributed by atoms with van der Waals surface area (Å²) in [5, 5.41) is 0. The summed E-state index contributed by atoms with van der Waals surface area (Å²) in [6.07, 6.45) is 0.122. The number of hydrogen-bond donors (Lipinski definition) is 1. The highest BCUT2D eigenvalue weighted by atomic mass is 16.6. The standard InChI is InChI=1S/C14H21NO4.C3H8O.CH2O/c1-6-18-11(16)8-10-7-9(2)12(15-10)13(17)19-14(3,4)5;1-3-4-2;1-2/h7,15H,6,8H2,1-5H3;3H2,1-2H3;1H2. The summed E-state index contributed by atoms with van der Waals surface area (Å²) in [7, 11) is 1.68. The van der Waals surface area contributed by atoms with E-state index in [1.807, 2.05) is 34.5 Å². The van der Waals surface area contributed by atoms with Crippen LogP contribution < -0.4 is 0 Å². The first kappa shape index (κ1) is 25.1. The third-order valence-electron chi connectivity index (χ3n) is 2.60. The molecule has 1 aromatic rings. The maximum atomic E-state index is 11.9. The second kappa shape index (κ2) is 13.2. The summed E-state index contributed by atoms with van der Waals surface area (Å²) in [4.78, 5) is 34.2. The molecule has 1 aromatic heterocycles. The van der Waals surface area contributed by atoms with Crippen molar-refractivity contribution in [1.29, 1.82) is 0 Å². The molecule has 7 heteroatoms. The monoisotopic (exact) mass is 357 g/mol. The van der Waals surface area contributed by atoms with Gasteiger partial charge >= 0.3 is 11.9 Å². The maximum Gasteiger partial charge on any atom is 0.355 e. The summed E-state index contributed by atoms with van der Waals surface area (Å²) in [5.41, 5.74) is 1.25. The lowest BCUT2D eigenvalue weighted by Gasteiger charge is -2.19. The van der Waals surface area contributed by atoms with Crippen molar-refractivity contribution in [1.82, 2.24) is 4.98 Å². The van der Waals surface area contributed by atoms with Gasteiger partial charge in [-0.3, -0.25) is 4.79 Å². The van der Waals surface area contributed by atoms with Crippen LogP contribution in [0.15, 0.2) is 6.07 Å². The molecule has 144 valence electrons. The Bertz CT molecular complexity index is 514. The van der Waals surface area contributed by atoms with Crippen molar-refractivity contribution in [2.24, 2.45) is 0 Å². The summed E-state index contributed by atoms with van der Waals surface area (Å²) >= 11 is 0. The predicted octanol–water partition coefficient (Wildman–Crippen LogP) is 2.85. The highest BCUT2D eigenvalue weighted by molar-refractivity contribution is 5.89. The number of aromatic amines is 1. The fourth-order valence-electron chi connectivity index (χ4n) is 1.63. The van der Waals surface area contributed by atoms with Crippen LogP contribution >= 0.6 is 0 Å². The Hall–Kier alpha value is -2.15. The van der Waals surface area contributed by atoms with Gasteiger partial charge in [0.1, 0.15) is 18.1 Å². The minimum atomic E-state index is -0.546. The van der Waals surface area contributed by atoms with Gasteiger partial charge in [0.05, 0.1) is 13.0 Å². The van der Waals surface area contributed by atoms with Crippen LogP contribution in [0.1, 0.15) is 56.4 Å². The van der Waals surface area contributed by atoms with Gasteiger partial charge in [-0.2, -0.15) is 0 Å². The largest absolute Gasteiger partial charge is 0.466 e. The molecule has 7 nitrogen and oxygen atoms in total. The molecule has 0 fully saturated rings. The Morgan fingerprint density at radius 3 is 2.08 bits per heavy atom. The summed E-state index contributed by atoms with van der Waals surface area (Å²) in [6.45, 7) is 14.1. The van der Waals surface area contributed by atoms with Crippen LogP contribution in [0, 0.1) is 6.92 Å². The Kier molecular flexibility index (Phi) is 13.2. The van der Waals surface area contributed by atoms with Crippen molar-refractivity contribution in [2.45, 2.75) is 53.6 Å². The fraction of sp³-hybridized carbons (Fsp3) is 0.611. The number of aryl methyl sites for hydroxylation is 1. The van der Waals surface area contributed by atoms with Gasteiger partial charge in [-0.05, 0) is 53.2 Å². The topological polar surface area (TPSA) is 94.7 Å². The van der Waals surface area contributed by atoms with E-state index in [9.17, 15) is 9.59 Å². The zero-order chi connectivity index (χ0) is 20.0. The zero-order valence-electron chi connectivity index (χ0n) is 16.4. The molecule has 1 N–H and O–H groups in total. The first-order valence-electron chi connectivity index (χ1n) is 7.99. The molecule has 25 heavy (non-hydrogen) atoms. The minimum absolute atomic E-state index is 0.122. The molecule has 0 bridgehead atoms. The van der Waals surface area contributed by atoms with Crippen molar-refractivity contribution in [3.05, 3.63) is 23.0 Å². The van der Waals surface area contributed by atoms with Crippen LogP contribution in [-0.4, -0.2) is 49.6 Å². The van der Waals surface area contributed by atoms with Gasteiger partial charge in [0.2, 0.25) is 0 Å². The van der Waals surface area contributed by atoms with E-state index in [0.717, 1.165) is 12.2 Å². The number of carbonyl (C=O) groups is 3. The van der Waals surface area contributed by atoms with Gasteiger partial charge < -0.3 is 24.0 Å². The van der Waals surface area contributed by atoms with Crippen molar-refractivity contribution in [3.8, 4) is 0 Å². The lowest BCUT2D eigenvalue weighted by atomic mass is 10.2. The van der Waals surface area contributed by atoms with E-state index in [4.69, 9.17) is 14.3 Å². The molecule has 0 radical (unpaired) electrons. The Morgan fingerprint density at radius 2 is 1.68 bits per heavy atom. The number of esters is 2. The van der Waals surface area contributed by atoms with E-state index >= 15 is 0 Å². The number of nitrogens with one attached hydrogen (secondary N) is 1. The number of rotatable bonds is 5. The molecule has 1 rings (SSSR count). The quantitative estimate of drug-likeness (QED) is 0.814. The van der Waals surface area contributed by atoms with Crippen molar-refractivity contribution < 1.29 is 28.6 Å². The second-order valence-corrected chi connectivity index (χ2v) is 5.91. The number of H-pyrrole nitrogens is 1. The van der Waals surface area contributed by atoms with Crippen molar-refractivity contribution >= 4 is 18.7 Å². The molecule has 0 saturated heterocycles. The number of methoxy groups -OCH3 is 1. The van der Waals surface area contributed by atoms with E-state index in [1.54, 1.807) is 27.0 Å². The average Bonchev–Trinajstić information content (AvgIpc) is 2.88. The second-order valence-electron chi connectivity index (χ2n) is 5.91. The average molecular weight is 357 g/mol. The van der Waals surface area contributed by atoms with Crippen LogP contribution in [0.25, 0.3) is 0 Å². The van der Waals surface area contributed by atoms with E-state index in [1.165, 1.54) is 0 Å². The fourth-order valence-corrected chi connectivity index (χ4v) is 1.63. The van der Waals surface area contributed by atoms with Crippen LogP contribution in [-0.2, 0) is 30.2 Å². The van der Waals surface area contributed by atoms with E-state index in [0.29, 0.717) is 18.0 Å². The van der Waals surface area contributed by atoms with Crippen LogP contribution in [0.4, 0.5) is 0 Å². The molecular formula is C18H31NO6. The molecule has 0 amide bonds. The van der Waals surface area contributed by atoms with Gasteiger partial charge in [-0.25, -0.2) is 4.79 Å². The summed E-state index contributed by atoms with van der Waals surface area (Å²) < 4.78 is 14.7. The van der Waals surface area contributed by atoms with Gasteiger partial charge in [-0.15, -0.1) is 0 Å². The van der Waals surface area contributed by atoms with Crippen LogP contribution in [0.2, 0.25) is 0 Å². The smallest absolute Gasteiger partial charge is 0.355 e. The van der Waals surface area contributed by atoms with Gasteiger partial charge in [0.15, 0.2) is 0 Å². The maximum absolute atomic E-state index is 11.9. The molecule has 0 atom stereocenters. The molecule has 0 saturated carbocycles. The molecule has 0 aromatic carbocycles. The summed E-state index contributed by atoms with van der Waals surface area (Å²) in [6, 6.07) is 1.76. The van der Waals surface area contributed by atoms with E-state index in [2.05, 4.69) is 9.72 Å². The van der Waals surface area contributed by atoms with Crippen LogP contribution in [0.5, 0.6) is 0 Å². The SMILES string of the molecule is C=O.CCOC.CCOC(=O)Cc1cc(C)c(C(=O)OC(C)(C)C)[nH]1. The highest BCUT2D eigenvalue weighted by Gasteiger charge is 2.21. The Balaban J connectivity index is 0. The third kappa shape index (κ3) is 11.9. The van der Waals surface area contributed by atoms with E-state index in [-0.39, 0.29) is 12.4 Å². The van der Waals surface area contributed by atoms with Crippen LogP contribution in [0.3, 0.4) is 0 Å². The Labute approximate surface area is 150 Å². The third-order valence-corrected chi connectivity index (χ3v) is 2.60. The molecule has 0 aliphatic heterocycles. The van der Waals surface area contributed by atoms with Gasteiger partial charge in [0.25, 0.3) is 0 Å². The normalized spacial score (nSPS) is 9.88. The highest BCUT2D eigenvalue weighted by Crippen LogP contribution is 2.16. The molecular weight excluding hydrogens is 326 g/mol. The lowest BCUT2D eigenvalue weighted by Crippen LogP contribution is -2.24.